The lowest BCUT2D eigenvalue weighted by Gasteiger charge is -2.23. The van der Waals surface area contributed by atoms with Crippen molar-refractivity contribution in [1.82, 2.24) is 0 Å². The molecule has 0 saturated heterocycles. The lowest BCUT2D eigenvalue weighted by atomic mass is 9.91. The number of hydrogen-bond donors (Lipinski definition) is 1. The summed E-state index contributed by atoms with van der Waals surface area (Å²) in [6.07, 6.45) is 5.05. The fraction of sp³-hybridized carbons (Fsp3) is 0.294. The molecular formula is C17H19NO. The molecule has 19 heavy (non-hydrogen) atoms. The van der Waals surface area contributed by atoms with Crippen molar-refractivity contribution >= 4 is 11.4 Å². The van der Waals surface area contributed by atoms with Crippen molar-refractivity contribution in [2.75, 3.05) is 11.9 Å². The highest BCUT2D eigenvalue weighted by Crippen LogP contribution is 2.29. The van der Waals surface area contributed by atoms with E-state index in [0.717, 1.165) is 5.69 Å². The second-order valence-electron chi connectivity index (χ2n) is 5.24. The average Bonchev–Trinajstić information content (AvgIpc) is 2.47. The molecule has 0 atom stereocenters. The second-order valence-corrected chi connectivity index (χ2v) is 5.24. The smallest absolute Gasteiger partial charge is 0.115 e. The normalized spacial score (nSPS) is 13.9. The van der Waals surface area contributed by atoms with E-state index in [2.05, 4.69) is 30.1 Å². The van der Waals surface area contributed by atoms with Gasteiger partial charge in [0.15, 0.2) is 0 Å². The van der Waals surface area contributed by atoms with Crippen molar-refractivity contribution in [2.45, 2.75) is 25.7 Å². The molecule has 98 valence electrons. The van der Waals surface area contributed by atoms with Crippen molar-refractivity contribution in [3.8, 4) is 5.75 Å². The number of phenolic OH excluding ortho intramolecular Hbond substituents is 1. The van der Waals surface area contributed by atoms with E-state index in [0.29, 0.717) is 5.75 Å². The van der Waals surface area contributed by atoms with Crippen LogP contribution in [0.3, 0.4) is 0 Å². The van der Waals surface area contributed by atoms with Gasteiger partial charge in [0.2, 0.25) is 0 Å². The first-order valence-corrected chi connectivity index (χ1v) is 6.88. The Hall–Kier alpha value is -1.96. The third kappa shape index (κ3) is 2.43. The fourth-order valence-electron chi connectivity index (χ4n) is 2.75. The summed E-state index contributed by atoms with van der Waals surface area (Å²) in [7, 11) is 2.07. The average molecular weight is 253 g/mol. The van der Waals surface area contributed by atoms with E-state index in [1.54, 1.807) is 12.1 Å². The lowest BCUT2D eigenvalue weighted by molar-refractivity contribution is 0.475. The van der Waals surface area contributed by atoms with Crippen LogP contribution in [0, 0.1) is 0 Å². The van der Waals surface area contributed by atoms with Gasteiger partial charge in [-0.2, -0.15) is 0 Å². The van der Waals surface area contributed by atoms with Crippen molar-refractivity contribution in [3.05, 3.63) is 53.6 Å². The van der Waals surface area contributed by atoms with Crippen LogP contribution < -0.4 is 4.90 Å². The van der Waals surface area contributed by atoms with Gasteiger partial charge >= 0.3 is 0 Å². The van der Waals surface area contributed by atoms with Crippen LogP contribution in [0.1, 0.15) is 24.0 Å². The van der Waals surface area contributed by atoms with Gasteiger partial charge < -0.3 is 10.0 Å². The van der Waals surface area contributed by atoms with Gasteiger partial charge in [-0.3, -0.25) is 0 Å². The number of rotatable bonds is 2. The number of aromatic hydroxyl groups is 1. The monoisotopic (exact) mass is 253 g/mol. The summed E-state index contributed by atoms with van der Waals surface area (Å²) in [6.45, 7) is 0. The third-order valence-electron chi connectivity index (χ3n) is 3.96. The predicted molar refractivity (Wildman–Crippen MR) is 79.3 cm³/mol. The standard InChI is InChI=1S/C17H19NO/c1-18(15-8-10-17(19)11-9-15)16-7-6-13-4-2-3-5-14(13)12-16/h6-12,19H,2-5H2,1H3. The summed E-state index contributed by atoms with van der Waals surface area (Å²) < 4.78 is 0. The van der Waals surface area contributed by atoms with Gasteiger partial charge in [0.05, 0.1) is 0 Å². The Morgan fingerprint density at radius 2 is 1.47 bits per heavy atom. The van der Waals surface area contributed by atoms with Crippen LogP contribution >= 0.6 is 0 Å². The molecule has 2 nitrogen and oxygen atoms in total. The number of hydrogen-bond acceptors (Lipinski definition) is 2. The van der Waals surface area contributed by atoms with Crippen LogP contribution in [0.2, 0.25) is 0 Å². The van der Waals surface area contributed by atoms with Crippen molar-refractivity contribution in [2.24, 2.45) is 0 Å². The van der Waals surface area contributed by atoms with Crippen LogP contribution in [0.15, 0.2) is 42.5 Å². The molecule has 0 spiro atoms. The van der Waals surface area contributed by atoms with Gasteiger partial charge in [0.1, 0.15) is 5.75 Å². The van der Waals surface area contributed by atoms with E-state index in [1.165, 1.54) is 42.5 Å². The molecule has 0 fully saturated rings. The summed E-state index contributed by atoms with van der Waals surface area (Å²) in [5.41, 5.74) is 5.31. The fourth-order valence-corrected chi connectivity index (χ4v) is 2.75. The van der Waals surface area contributed by atoms with E-state index in [9.17, 15) is 5.11 Å². The lowest BCUT2D eigenvalue weighted by Crippen LogP contribution is -2.11. The summed E-state index contributed by atoms with van der Waals surface area (Å²) in [4.78, 5) is 2.16. The number of aryl methyl sites for hydroxylation is 2. The zero-order valence-corrected chi connectivity index (χ0v) is 11.3. The van der Waals surface area contributed by atoms with E-state index >= 15 is 0 Å². The Morgan fingerprint density at radius 1 is 0.842 bits per heavy atom. The number of phenols is 1. The van der Waals surface area contributed by atoms with Crippen LogP contribution in [0.25, 0.3) is 0 Å². The van der Waals surface area contributed by atoms with Crippen molar-refractivity contribution in [1.29, 1.82) is 0 Å². The number of fused-ring (bicyclic) bond motifs is 1. The van der Waals surface area contributed by atoms with E-state index in [4.69, 9.17) is 0 Å². The molecule has 0 bridgehead atoms. The molecule has 0 aromatic heterocycles. The number of benzene rings is 2. The molecule has 3 rings (SSSR count). The van der Waals surface area contributed by atoms with Gasteiger partial charge in [-0.25, -0.2) is 0 Å². The topological polar surface area (TPSA) is 23.5 Å². The van der Waals surface area contributed by atoms with Gasteiger partial charge in [-0.05, 0) is 73.2 Å². The zero-order valence-electron chi connectivity index (χ0n) is 11.3. The Balaban J connectivity index is 1.91. The first-order chi connectivity index (χ1) is 9.24. The molecule has 0 unspecified atom stereocenters. The van der Waals surface area contributed by atoms with Crippen LogP contribution in [-0.4, -0.2) is 12.2 Å². The minimum atomic E-state index is 0.308. The first-order valence-electron chi connectivity index (χ1n) is 6.88. The Labute approximate surface area is 114 Å². The molecule has 2 heteroatoms. The predicted octanol–water partition coefficient (Wildman–Crippen LogP) is 4.04. The van der Waals surface area contributed by atoms with Gasteiger partial charge in [0, 0.05) is 18.4 Å². The molecule has 2 aromatic carbocycles. The zero-order chi connectivity index (χ0) is 13.2. The maximum absolute atomic E-state index is 9.35. The first kappa shape index (κ1) is 12.1. The quantitative estimate of drug-likeness (QED) is 0.873. The van der Waals surface area contributed by atoms with E-state index < -0.39 is 0 Å². The summed E-state index contributed by atoms with van der Waals surface area (Å²) >= 11 is 0. The molecule has 1 N–H and O–H groups in total. The SMILES string of the molecule is CN(c1ccc(O)cc1)c1ccc2c(c1)CCCC2. The highest BCUT2D eigenvalue weighted by Gasteiger charge is 2.11. The molecule has 0 saturated carbocycles. The molecule has 1 aliphatic carbocycles. The third-order valence-corrected chi connectivity index (χ3v) is 3.96. The van der Waals surface area contributed by atoms with Gasteiger partial charge in [-0.15, -0.1) is 0 Å². The second kappa shape index (κ2) is 4.96. The van der Waals surface area contributed by atoms with Crippen LogP contribution in [0.4, 0.5) is 11.4 Å². The van der Waals surface area contributed by atoms with Crippen molar-refractivity contribution in [3.63, 3.8) is 0 Å². The molecule has 1 aliphatic rings. The summed E-state index contributed by atoms with van der Waals surface area (Å²) in [5.74, 6) is 0.308. The Bertz CT molecular complexity index is 574. The molecule has 0 heterocycles. The number of anilines is 2. The highest BCUT2D eigenvalue weighted by molar-refractivity contribution is 5.64. The molecular weight excluding hydrogens is 234 g/mol. The summed E-state index contributed by atoms with van der Waals surface area (Å²) in [6, 6.07) is 14.1. The van der Waals surface area contributed by atoms with Crippen LogP contribution in [-0.2, 0) is 12.8 Å². The molecule has 0 amide bonds. The summed E-state index contributed by atoms with van der Waals surface area (Å²) in [5, 5.41) is 9.35. The maximum Gasteiger partial charge on any atom is 0.115 e. The van der Waals surface area contributed by atoms with E-state index in [1.807, 2.05) is 12.1 Å². The van der Waals surface area contributed by atoms with Crippen LogP contribution in [0.5, 0.6) is 5.75 Å². The minimum Gasteiger partial charge on any atom is -0.508 e. The van der Waals surface area contributed by atoms with Gasteiger partial charge in [0.25, 0.3) is 0 Å². The highest BCUT2D eigenvalue weighted by atomic mass is 16.3. The Morgan fingerprint density at radius 3 is 2.21 bits per heavy atom. The largest absolute Gasteiger partial charge is 0.508 e. The Kier molecular flexibility index (Phi) is 3.16. The molecule has 0 aliphatic heterocycles. The molecule has 2 aromatic rings. The van der Waals surface area contributed by atoms with Gasteiger partial charge in [-0.1, -0.05) is 6.07 Å². The van der Waals surface area contributed by atoms with Crippen molar-refractivity contribution < 1.29 is 5.11 Å². The van der Waals surface area contributed by atoms with E-state index in [-0.39, 0.29) is 0 Å². The number of nitrogens with zero attached hydrogens (tertiary/aromatic N) is 1. The minimum absolute atomic E-state index is 0.308. The maximum atomic E-state index is 9.35. The molecule has 0 radical (unpaired) electrons.